The van der Waals surface area contributed by atoms with Crippen LogP contribution >= 0.6 is 0 Å². The van der Waals surface area contributed by atoms with Crippen LogP contribution in [0.2, 0.25) is 0 Å². The van der Waals surface area contributed by atoms with Gasteiger partial charge in [-0.15, -0.1) is 0 Å². The predicted molar refractivity (Wildman–Crippen MR) is 89.3 cm³/mol. The molecule has 0 aromatic heterocycles. The van der Waals surface area contributed by atoms with Gasteiger partial charge in [0, 0.05) is 43.1 Å². The summed E-state index contributed by atoms with van der Waals surface area (Å²) in [5.41, 5.74) is 0.0741. The van der Waals surface area contributed by atoms with E-state index in [1.807, 2.05) is 0 Å². The summed E-state index contributed by atoms with van der Waals surface area (Å²) in [6.07, 6.45) is 3.89. The maximum Gasteiger partial charge on any atom is 0.254 e. The van der Waals surface area contributed by atoms with Gasteiger partial charge in [-0.3, -0.25) is 4.79 Å². The third-order valence-corrected chi connectivity index (χ3v) is 5.78. The number of hydrogen-bond acceptors (Lipinski definition) is 3. The van der Waals surface area contributed by atoms with E-state index < -0.39 is 11.6 Å². The van der Waals surface area contributed by atoms with Gasteiger partial charge in [0.15, 0.2) is 0 Å². The minimum absolute atomic E-state index is 0.0529. The monoisotopic (exact) mass is 350 g/mol. The number of nitrogens with zero attached hydrogens (tertiary/aromatic N) is 2. The van der Waals surface area contributed by atoms with Crippen molar-refractivity contribution in [1.82, 2.24) is 9.80 Å². The lowest BCUT2D eigenvalue weighted by Crippen LogP contribution is -2.38. The van der Waals surface area contributed by atoms with Gasteiger partial charge in [-0.05, 0) is 38.1 Å². The van der Waals surface area contributed by atoms with Crippen LogP contribution in [0.4, 0.5) is 8.78 Å². The van der Waals surface area contributed by atoms with Crippen LogP contribution in [0.5, 0.6) is 0 Å². The van der Waals surface area contributed by atoms with Crippen LogP contribution in [0.1, 0.15) is 29.6 Å². The Balaban J connectivity index is 1.41. The first kappa shape index (κ1) is 16.9. The number of hydrogen-bond donors (Lipinski definition) is 0. The Morgan fingerprint density at radius 3 is 2.52 bits per heavy atom. The van der Waals surface area contributed by atoms with Crippen LogP contribution in [0.25, 0.3) is 0 Å². The average molecular weight is 350 g/mol. The van der Waals surface area contributed by atoms with Crippen molar-refractivity contribution in [1.29, 1.82) is 0 Å². The zero-order valence-electron chi connectivity index (χ0n) is 14.3. The molecule has 0 saturated carbocycles. The Kier molecular flexibility index (Phi) is 4.73. The molecule has 1 amide bonds. The fourth-order valence-corrected chi connectivity index (χ4v) is 4.49. The fourth-order valence-electron chi connectivity index (χ4n) is 4.49. The van der Waals surface area contributed by atoms with Crippen molar-refractivity contribution in [3.63, 3.8) is 0 Å². The summed E-state index contributed by atoms with van der Waals surface area (Å²) in [6, 6.07) is 2.99. The predicted octanol–water partition coefficient (Wildman–Crippen LogP) is 2.54. The van der Waals surface area contributed by atoms with E-state index in [1.165, 1.54) is 19.3 Å². The van der Waals surface area contributed by atoms with Crippen molar-refractivity contribution in [2.75, 3.05) is 39.3 Å². The third-order valence-electron chi connectivity index (χ3n) is 5.78. The molecule has 3 aliphatic heterocycles. The van der Waals surface area contributed by atoms with Crippen molar-refractivity contribution in [2.24, 2.45) is 11.8 Å². The van der Waals surface area contributed by atoms with Crippen LogP contribution < -0.4 is 0 Å². The second-order valence-corrected chi connectivity index (χ2v) is 7.53. The first-order valence-corrected chi connectivity index (χ1v) is 9.19. The molecule has 0 radical (unpaired) electrons. The van der Waals surface area contributed by atoms with E-state index in [2.05, 4.69) is 4.90 Å². The molecule has 0 unspecified atom stereocenters. The smallest absolute Gasteiger partial charge is 0.254 e. The van der Waals surface area contributed by atoms with Gasteiger partial charge in [0.1, 0.15) is 11.6 Å². The molecule has 3 heterocycles. The van der Waals surface area contributed by atoms with E-state index in [1.54, 1.807) is 4.90 Å². The van der Waals surface area contributed by atoms with Gasteiger partial charge in [0.2, 0.25) is 0 Å². The molecule has 3 atom stereocenters. The lowest BCUT2D eigenvalue weighted by atomic mass is 9.92. The zero-order chi connectivity index (χ0) is 17.4. The SMILES string of the molecule is O=C(c1cc(F)cc(F)c1)N1C[C@H]2[C@H](CN3CCCCC3)CO[C@H]2C1. The Morgan fingerprint density at radius 1 is 1.08 bits per heavy atom. The largest absolute Gasteiger partial charge is 0.376 e. The molecule has 3 aliphatic rings. The summed E-state index contributed by atoms with van der Waals surface area (Å²) < 4.78 is 32.7. The Labute approximate surface area is 146 Å². The molecule has 0 aliphatic carbocycles. The van der Waals surface area contributed by atoms with E-state index in [-0.39, 0.29) is 17.6 Å². The molecule has 1 aromatic rings. The van der Waals surface area contributed by atoms with Crippen molar-refractivity contribution < 1.29 is 18.3 Å². The molecule has 0 bridgehead atoms. The number of carbonyl (C=O) groups is 1. The number of rotatable bonds is 3. The van der Waals surface area contributed by atoms with Crippen molar-refractivity contribution >= 4 is 5.91 Å². The maximum atomic E-state index is 13.4. The molecular formula is C19H24F2N2O2. The molecule has 0 N–H and O–H groups in total. The highest BCUT2D eigenvalue weighted by atomic mass is 19.1. The fraction of sp³-hybridized carbons (Fsp3) is 0.632. The molecule has 3 saturated heterocycles. The lowest BCUT2D eigenvalue weighted by molar-refractivity contribution is 0.0660. The second-order valence-electron chi connectivity index (χ2n) is 7.53. The van der Waals surface area contributed by atoms with E-state index in [0.717, 1.165) is 44.4 Å². The number of benzene rings is 1. The van der Waals surface area contributed by atoms with Gasteiger partial charge in [-0.1, -0.05) is 6.42 Å². The maximum absolute atomic E-state index is 13.4. The van der Waals surface area contributed by atoms with Gasteiger partial charge in [0.25, 0.3) is 5.91 Å². The molecule has 4 nitrogen and oxygen atoms in total. The summed E-state index contributed by atoms with van der Waals surface area (Å²) in [4.78, 5) is 16.8. The van der Waals surface area contributed by atoms with Gasteiger partial charge in [0.05, 0.1) is 12.7 Å². The molecule has 136 valence electrons. The minimum atomic E-state index is -0.720. The number of ether oxygens (including phenoxy) is 1. The summed E-state index contributed by atoms with van der Waals surface area (Å²) in [6.45, 7) is 5.21. The van der Waals surface area contributed by atoms with Crippen LogP contribution in [0.3, 0.4) is 0 Å². The molecule has 3 fully saturated rings. The van der Waals surface area contributed by atoms with E-state index in [4.69, 9.17) is 4.74 Å². The molecule has 0 spiro atoms. The molecule has 6 heteroatoms. The Hall–Kier alpha value is -1.53. The molecule has 4 rings (SSSR count). The number of halogens is 2. The normalized spacial score (nSPS) is 29.8. The summed E-state index contributed by atoms with van der Waals surface area (Å²) in [5, 5.41) is 0. The standard InChI is InChI=1S/C19H24F2N2O2/c20-15-6-13(7-16(21)8-15)19(24)23-10-17-14(12-25-18(17)11-23)9-22-4-2-1-3-5-22/h6-8,14,17-18H,1-5,9-12H2/t14-,17+,18+/m1/s1. The number of likely N-dealkylation sites (tertiary alicyclic amines) is 2. The van der Waals surface area contributed by atoms with Gasteiger partial charge < -0.3 is 14.5 Å². The number of piperidine rings is 1. The lowest BCUT2D eigenvalue weighted by Gasteiger charge is -2.30. The number of fused-ring (bicyclic) bond motifs is 1. The number of carbonyl (C=O) groups excluding carboxylic acids is 1. The average Bonchev–Trinajstić information content (AvgIpc) is 3.16. The quantitative estimate of drug-likeness (QED) is 0.840. The molecular weight excluding hydrogens is 326 g/mol. The van der Waals surface area contributed by atoms with Crippen LogP contribution in [0.15, 0.2) is 18.2 Å². The van der Waals surface area contributed by atoms with E-state index >= 15 is 0 Å². The highest BCUT2D eigenvalue weighted by Crippen LogP contribution is 2.35. The van der Waals surface area contributed by atoms with E-state index in [9.17, 15) is 13.6 Å². The van der Waals surface area contributed by atoms with Gasteiger partial charge in [-0.2, -0.15) is 0 Å². The van der Waals surface area contributed by atoms with Crippen LogP contribution in [-0.4, -0.2) is 61.1 Å². The van der Waals surface area contributed by atoms with Crippen molar-refractivity contribution in [2.45, 2.75) is 25.4 Å². The highest BCUT2D eigenvalue weighted by molar-refractivity contribution is 5.94. The summed E-state index contributed by atoms with van der Waals surface area (Å²) in [5.74, 6) is -0.994. The summed E-state index contributed by atoms with van der Waals surface area (Å²) in [7, 11) is 0. The topological polar surface area (TPSA) is 32.8 Å². The molecule has 25 heavy (non-hydrogen) atoms. The minimum Gasteiger partial charge on any atom is -0.376 e. The first-order valence-electron chi connectivity index (χ1n) is 9.19. The summed E-state index contributed by atoms with van der Waals surface area (Å²) >= 11 is 0. The molecule has 1 aromatic carbocycles. The first-order chi connectivity index (χ1) is 12.1. The Morgan fingerprint density at radius 2 is 1.80 bits per heavy atom. The van der Waals surface area contributed by atoms with Gasteiger partial charge >= 0.3 is 0 Å². The number of amides is 1. The van der Waals surface area contributed by atoms with Crippen LogP contribution in [-0.2, 0) is 4.74 Å². The third kappa shape index (κ3) is 3.55. The van der Waals surface area contributed by atoms with Crippen molar-refractivity contribution in [3.05, 3.63) is 35.4 Å². The van der Waals surface area contributed by atoms with Crippen molar-refractivity contribution in [3.8, 4) is 0 Å². The van der Waals surface area contributed by atoms with Crippen LogP contribution in [0, 0.1) is 23.5 Å². The van der Waals surface area contributed by atoms with Gasteiger partial charge in [-0.25, -0.2) is 8.78 Å². The Bertz CT molecular complexity index is 628. The zero-order valence-corrected chi connectivity index (χ0v) is 14.3. The second kappa shape index (κ2) is 7.00. The van der Waals surface area contributed by atoms with E-state index in [0.29, 0.717) is 24.9 Å². The highest BCUT2D eigenvalue weighted by Gasteiger charge is 2.45.